The second-order valence-corrected chi connectivity index (χ2v) is 2.22. The fourth-order valence-corrected chi connectivity index (χ4v) is 0.663. The molecular weight excluding hydrogens is 163 g/mol. The van der Waals surface area contributed by atoms with Crippen LogP contribution < -0.4 is 5.73 Å². The third-order valence-electron chi connectivity index (χ3n) is 1.14. The minimum atomic E-state index is -4.76. The van der Waals surface area contributed by atoms with Gasteiger partial charge in [0, 0.05) is 6.04 Å². The van der Waals surface area contributed by atoms with Gasteiger partial charge in [0.15, 0.2) is 5.92 Å². The third-order valence-corrected chi connectivity index (χ3v) is 1.14. The summed E-state index contributed by atoms with van der Waals surface area (Å²) in [7, 11) is 0. The van der Waals surface area contributed by atoms with Crippen molar-refractivity contribution >= 4 is 5.97 Å². The van der Waals surface area contributed by atoms with Crippen molar-refractivity contribution in [2.45, 2.75) is 19.1 Å². The summed E-state index contributed by atoms with van der Waals surface area (Å²) in [6.07, 6.45) is -4.76. The summed E-state index contributed by atoms with van der Waals surface area (Å²) in [6, 6.07) is -1.42. The average molecular weight is 171 g/mol. The number of carboxylic acid groups (broad SMARTS) is 1. The Labute approximate surface area is 61.0 Å². The molecule has 0 fully saturated rings. The number of carboxylic acids is 1. The lowest BCUT2D eigenvalue weighted by Gasteiger charge is -2.18. The van der Waals surface area contributed by atoms with Crippen molar-refractivity contribution in [3.63, 3.8) is 0 Å². The minimum absolute atomic E-state index is 1.01. The molecule has 66 valence electrons. The van der Waals surface area contributed by atoms with Crippen LogP contribution in [-0.2, 0) is 4.79 Å². The molecule has 2 atom stereocenters. The van der Waals surface area contributed by atoms with Gasteiger partial charge in [-0.3, -0.25) is 4.79 Å². The van der Waals surface area contributed by atoms with Crippen molar-refractivity contribution in [2.75, 3.05) is 0 Å². The van der Waals surface area contributed by atoms with E-state index in [1.807, 2.05) is 0 Å². The molecule has 3 nitrogen and oxygen atoms in total. The zero-order valence-electron chi connectivity index (χ0n) is 5.72. The molecule has 0 saturated carbocycles. The first kappa shape index (κ1) is 10.2. The minimum Gasteiger partial charge on any atom is -0.481 e. The number of alkyl halides is 3. The van der Waals surface area contributed by atoms with E-state index in [2.05, 4.69) is 0 Å². The second-order valence-electron chi connectivity index (χ2n) is 2.22. The highest BCUT2D eigenvalue weighted by Crippen LogP contribution is 2.28. The number of hydrogen-bond donors (Lipinski definition) is 2. The van der Waals surface area contributed by atoms with Crippen LogP contribution in [0, 0.1) is 5.92 Å². The molecule has 0 radical (unpaired) electrons. The summed E-state index contributed by atoms with van der Waals surface area (Å²) < 4.78 is 35.3. The molecule has 0 spiro atoms. The van der Waals surface area contributed by atoms with E-state index in [1.54, 1.807) is 0 Å². The molecule has 0 aliphatic heterocycles. The zero-order valence-corrected chi connectivity index (χ0v) is 5.72. The first-order valence-electron chi connectivity index (χ1n) is 2.82. The number of carbonyl (C=O) groups is 1. The van der Waals surface area contributed by atoms with Crippen LogP contribution in [0.2, 0.25) is 0 Å². The zero-order chi connectivity index (χ0) is 9.23. The van der Waals surface area contributed by atoms with Crippen LogP contribution in [0.3, 0.4) is 0 Å². The Balaban J connectivity index is 4.49. The van der Waals surface area contributed by atoms with Crippen molar-refractivity contribution in [2.24, 2.45) is 11.7 Å². The number of halogens is 3. The van der Waals surface area contributed by atoms with E-state index in [0.717, 1.165) is 6.92 Å². The topological polar surface area (TPSA) is 63.3 Å². The van der Waals surface area contributed by atoms with Crippen molar-refractivity contribution in [3.8, 4) is 0 Å². The van der Waals surface area contributed by atoms with Gasteiger partial charge in [-0.05, 0) is 6.92 Å². The van der Waals surface area contributed by atoms with Gasteiger partial charge in [-0.25, -0.2) is 0 Å². The smallest absolute Gasteiger partial charge is 0.403 e. The molecule has 0 heterocycles. The highest BCUT2D eigenvalue weighted by atomic mass is 19.4. The van der Waals surface area contributed by atoms with Crippen LogP contribution >= 0.6 is 0 Å². The number of hydrogen-bond acceptors (Lipinski definition) is 2. The monoisotopic (exact) mass is 171 g/mol. The summed E-state index contributed by atoms with van der Waals surface area (Å²) in [5.41, 5.74) is 4.82. The molecule has 0 amide bonds. The maximum absolute atomic E-state index is 11.8. The predicted molar refractivity (Wildman–Crippen MR) is 30.8 cm³/mol. The highest BCUT2D eigenvalue weighted by molar-refractivity contribution is 5.71. The van der Waals surface area contributed by atoms with Crippen molar-refractivity contribution < 1.29 is 23.1 Å². The molecule has 0 saturated heterocycles. The molecule has 0 aromatic rings. The number of rotatable bonds is 2. The van der Waals surface area contributed by atoms with Crippen LogP contribution in [0.15, 0.2) is 0 Å². The molecule has 0 aromatic carbocycles. The first-order chi connectivity index (χ1) is 4.76. The summed E-state index contributed by atoms with van der Waals surface area (Å²) in [5, 5.41) is 8.08. The maximum Gasteiger partial charge on any atom is 0.403 e. The Morgan fingerprint density at radius 3 is 1.91 bits per heavy atom. The second kappa shape index (κ2) is 3.08. The van der Waals surface area contributed by atoms with E-state index in [0.29, 0.717) is 0 Å². The van der Waals surface area contributed by atoms with Gasteiger partial charge in [-0.1, -0.05) is 0 Å². The Morgan fingerprint density at radius 2 is 1.91 bits per heavy atom. The van der Waals surface area contributed by atoms with E-state index in [4.69, 9.17) is 10.8 Å². The molecule has 11 heavy (non-hydrogen) atoms. The lowest BCUT2D eigenvalue weighted by atomic mass is 10.0. The van der Waals surface area contributed by atoms with Gasteiger partial charge >= 0.3 is 12.1 Å². The van der Waals surface area contributed by atoms with Crippen LogP contribution in [-0.4, -0.2) is 23.3 Å². The van der Waals surface area contributed by atoms with E-state index < -0.39 is 24.1 Å². The lowest BCUT2D eigenvalue weighted by molar-refractivity contribution is -0.196. The Bertz CT molecular complexity index is 154. The van der Waals surface area contributed by atoms with Gasteiger partial charge in [0.25, 0.3) is 0 Å². The van der Waals surface area contributed by atoms with Crippen molar-refractivity contribution in [3.05, 3.63) is 0 Å². The quantitative estimate of drug-likeness (QED) is 0.639. The van der Waals surface area contributed by atoms with Gasteiger partial charge in [-0.15, -0.1) is 0 Å². The average Bonchev–Trinajstić information content (AvgIpc) is 1.54. The lowest BCUT2D eigenvalue weighted by Crippen LogP contribution is -2.43. The van der Waals surface area contributed by atoms with Crippen LogP contribution in [0.5, 0.6) is 0 Å². The van der Waals surface area contributed by atoms with Gasteiger partial charge in [0.1, 0.15) is 0 Å². The Morgan fingerprint density at radius 1 is 1.55 bits per heavy atom. The molecule has 0 rings (SSSR count). The van der Waals surface area contributed by atoms with Gasteiger partial charge < -0.3 is 10.8 Å². The van der Waals surface area contributed by atoms with E-state index in [1.165, 1.54) is 0 Å². The van der Waals surface area contributed by atoms with E-state index in [-0.39, 0.29) is 0 Å². The summed E-state index contributed by atoms with van der Waals surface area (Å²) >= 11 is 0. The molecule has 1 unspecified atom stereocenters. The largest absolute Gasteiger partial charge is 0.481 e. The predicted octanol–water partition coefficient (Wildman–Crippen LogP) is 0.597. The molecule has 0 aliphatic carbocycles. The normalized spacial score (nSPS) is 17.5. The van der Waals surface area contributed by atoms with Gasteiger partial charge in [0.05, 0.1) is 0 Å². The van der Waals surface area contributed by atoms with E-state index >= 15 is 0 Å². The number of aliphatic carboxylic acids is 1. The molecule has 6 heteroatoms. The molecular formula is C5H8F3NO2. The summed E-state index contributed by atoms with van der Waals surface area (Å²) in [5.74, 6) is -4.41. The SMILES string of the molecule is C[C@@H](N)C(C(=O)O)C(F)(F)F. The highest BCUT2D eigenvalue weighted by Gasteiger charge is 2.47. The van der Waals surface area contributed by atoms with Gasteiger partial charge in [0.2, 0.25) is 0 Å². The number of nitrogens with two attached hydrogens (primary N) is 1. The molecule has 3 N–H and O–H groups in total. The molecule has 0 aliphatic rings. The van der Waals surface area contributed by atoms with E-state index in [9.17, 15) is 18.0 Å². The summed E-state index contributed by atoms with van der Waals surface area (Å²) in [6.45, 7) is 1.01. The standard InChI is InChI=1S/C5H8F3NO2/c1-2(9)3(4(10)11)5(6,7)8/h2-3H,9H2,1H3,(H,10,11)/t2-,3?/m1/s1. The summed E-state index contributed by atoms with van der Waals surface area (Å²) in [4.78, 5) is 9.99. The first-order valence-corrected chi connectivity index (χ1v) is 2.82. The van der Waals surface area contributed by atoms with Gasteiger partial charge in [-0.2, -0.15) is 13.2 Å². The fraction of sp³-hybridized carbons (Fsp3) is 0.800. The maximum atomic E-state index is 11.8. The Kier molecular flexibility index (Phi) is 2.86. The third kappa shape index (κ3) is 2.75. The van der Waals surface area contributed by atoms with Crippen molar-refractivity contribution in [1.82, 2.24) is 0 Å². The van der Waals surface area contributed by atoms with Crippen molar-refractivity contribution in [1.29, 1.82) is 0 Å². The van der Waals surface area contributed by atoms with Crippen LogP contribution in [0.4, 0.5) is 13.2 Å². The molecule has 0 bridgehead atoms. The van der Waals surface area contributed by atoms with Crippen LogP contribution in [0.1, 0.15) is 6.92 Å². The van der Waals surface area contributed by atoms with Crippen LogP contribution in [0.25, 0.3) is 0 Å². The molecule has 0 aromatic heterocycles. The Hall–Kier alpha value is -0.780. The fourth-order valence-electron chi connectivity index (χ4n) is 0.663.